The third kappa shape index (κ3) is 1.69. The molecular weight excluding hydrogens is 204 g/mol. The molecule has 0 saturated carbocycles. The molecular formula is C12H12N2O2. The van der Waals surface area contributed by atoms with Crippen LogP contribution in [0.25, 0.3) is 11.3 Å². The van der Waals surface area contributed by atoms with Gasteiger partial charge in [0, 0.05) is 18.8 Å². The van der Waals surface area contributed by atoms with Crippen LogP contribution < -0.4 is 0 Å². The number of rotatable bonds is 2. The largest absolute Gasteiger partial charge is 0.478 e. The van der Waals surface area contributed by atoms with Gasteiger partial charge in [-0.3, -0.25) is 4.68 Å². The van der Waals surface area contributed by atoms with Crippen LogP contribution in [0.1, 0.15) is 15.9 Å². The molecule has 1 aromatic carbocycles. The second kappa shape index (κ2) is 3.81. The predicted molar refractivity (Wildman–Crippen MR) is 60.3 cm³/mol. The molecule has 0 unspecified atom stereocenters. The highest BCUT2D eigenvalue weighted by Crippen LogP contribution is 2.21. The first-order valence-electron chi connectivity index (χ1n) is 4.92. The van der Waals surface area contributed by atoms with E-state index in [2.05, 4.69) is 5.10 Å². The predicted octanol–water partition coefficient (Wildman–Crippen LogP) is 2.09. The van der Waals surface area contributed by atoms with E-state index in [1.54, 1.807) is 23.9 Å². The summed E-state index contributed by atoms with van der Waals surface area (Å²) < 4.78 is 1.72. The third-order valence-corrected chi connectivity index (χ3v) is 2.58. The summed E-state index contributed by atoms with van der Waals surface area (Å²) in [5.41, 5.74) is 2.86. The summed E-state index contributed by atoms with van der Waals surface area (Å²) in [4.78, 5) is 11.0. The van der Waals surface area contributed by atoms with Crippen molar-refractivity contribution in [1.29, 1.82) is 0 Å². The standard InChI is InChI=1S/C12H12N2O2/c1-8-3-4-9(7-10(8)12(15)16)11-5-6-13-14(11)2/h3-7H,1-2H3,(H,15,16). The smallest absolute Gasteiger partial charge is 0.335 e. The summed E-state index contributed by atoms with van der Waals surface area (Å²) in [6.45, 7) is 1.79. The van der Waals surface area contributed by atoms with Gasteiger partial charge in [0.2, 0.25) is 0 Å². The minimum Gasteiger partial charge on any atom is -0.478 e. The van der Waals surface area contributed by atoms with Crippen LogP contribution in [0, 0.1) is 6.92 Å². The van der Waals surface area contributed by atoms with Gasteiger partial charge in [-0.25, -0.2) is 4.79 Å². The highest BCUT2D eigenvalue weighted by Gasteiger charge is 2.10. The van der Waals surface area contributed by atoms with Crippen LogP contribution in [0.3, 0.4) is 0 Å². The molecule has 0 fully saturated rings. The van der Waals surface area contributed by atoms with Gasteiger partial charge in [0.25, 0.3) is 0 Å². The van der Waals surface area contributed by atoms with Crippen molar-refractivity contribution in [1.82, 2.24) is 9.78 Å². The molecule has 4 heteroatoms. The van der Waals surface area contributed by atoms with E-state index < -0.39 is 5.97 Å². The molecule has 4 nitrogen and oxygen atoms in total. The van der Waals surface area contributed by atoms with E-state index in [1.807, 2.05) is 25.2 Å². The first-order valence-corrected chi connectivity index (χ1v) is 4.92. The number of aromatic nitrogens is 2. The molecule has 2 aromatic rings. The minimum absolute atomic E-state index is 0.332. The van der Waals surface area contributed by atoms with Crippen LogP contribution in [-0.4, -0.2) is 20.9 Å². The van der Waals surface area contributed by atoms with E-state index in [9.17, 15) is 4.79 Å². The molecule has 0 aliphatic heterocycles. The van der Waals surface area contributed by atoms with Gasteiger partial charge in [-0.2, -0.15) is 5.10 Å². The number of aromatic carboxylic acids is 1. The number of nitrogens with zero attached hydrogens (tertiary/aromatic N) is 2. The highest BCUT2D eigenvalue weighted by molar-refractivity contribution is 5.90. The van der Waals surface area contributed by atoms with Gasteiger partial charge in [0.1, 0.15) is 0 Å². The molecule has 1 aromatic heterocycles. The maximum absolute atomic E-state index is 11.0. The molecule has 0 spiro atoms. The van der Waals surface area contributed by atoms with Gasteiger partial charge in [0.05, 0.1) is 11.3 Å². The lowest BCUT2D eigenvalue weighted by molar-refractivity contribution is 0.0696. The number of carboxylic acids is 1. The number of benzene rings is 1. The number of hydrogen-bond donors (Lipinski definition) is 1. The van der Waals surface area contributed by atoms with E-state index in [4.69, 9.17) is 5.11 Å². The van der Waals surface area contributed by atoms with Gasteiger partial charge in [-0.05, 0) is 24.6 Å². The van der Waals surface area contributed by atoms with Crippen LogP contribution in [0.2, 0.25) is 0 Å². The average Bonchev–Trinajstić information content (AvgIpc) is 2.65. The van der Waals surface area contributed by atoms with E-state index in [0.717, 1.165) is 16.8 Å². The molecule has 16 heavy (non-hydrogen) atoms. The zero-order chi connectivity index (χ0) is 11.7. The Labute approximate surface area is 93.1 Å². The van der Waals surface area contributed by atoms with E-state index in [-0.39, 0.29) is 0 Å². The monoisotopic (exact) mass is 216 g/mol. The van der Waals surface area contributed by atoms with Crippen LogP contribution in [0.4, 0.5) is 0 Å². The van der Waals surface area contributed by atoms with Crippen molar-refractivity contribution in [2.24, 2.45) is 7.05 Å². The SMILES string of the molecule is Cc1ccc(-c2ccnn2C)cc1C(=O)O. The minimum atomic E-state index is -0.901. The first kappa shape index (κ1) is 10.4. The highest BCUT2D eigenvalue weighted by atomic mass is 16.4. The number of hydrogen-bond acceptors (Lipinski definition) is 2. The van der Waals surface area contributed by atoms with Crippen LogP contribution in [-0.2, 0) is 7.05 Å². The Kier molecular flexibility index (Phi) is 2.48. The van der Waals surface area contributed by atoms with Crippen LogP contribution in [0.5, 0.6) is 0 Å². The fraction of sp³-hybridized carbons (Fsp3) is 0.167. The summed E-state index contributed by atoms with van der Waals surface area (Å²) in [5.74, 6) is -0.901. The van der Waals surface area contributed by atoms with Crippen molar-refractivity contribution in [2.75, 3.05) is 0 Å². The molecule has 0 atom stereocenters. The third-order valence-electron chi connectivity index (χ3n) is 2.58. The topological polar surface area (TPSA) is 55.1 Å². The molecule has 1 N–H and O–H groups in total. The number of carbonyl (C=O) groups is 1. The molecule has 2 rings (SSSR count). The molecule has 0 aliphatic carbocycles. The van der Waals surface area contributed by atoms with Crippen molar-refractivity contribution < 1.29 is 9.90 Å². The maximum atomic E-state index is 11.0. The molecule has 82 valence electrons. The van der Waals surface area contributed by atoms with E-state index >= 15 is 0 Å². The maximum Gasteiger partial charge on any atom is 0.335 e. The Balaban J connectivity index is 2.56. The first-order chi connectivity index (χ1) is 7.59. The average molecular weight is 216 g/mol. The van der Waals surface area contributed by atoms with Crippen molar-refractivity contribution in [2.45, 2.75) is 6.92 Å². The second-order valence-corrected chi connectivity index (χ2v) is 3.67. The molecule has 0 amide bonds. The number of aryl methyl sites for hydroxylation is 2. The Bertz CT molecular complexity index is 544. The Morgan fingerprint density at radius 1 is 1.38 bits per heavy atom. The Morgan fingerprint density at radius 3 is 2.69 bits per heavy atom. The van der Waals surface area contributed by atoms with E-state index in [0.29, 0.717) is 5.56 Å². The zero-order valence-electron chi connectivity index (χ0n) is 9.14. The quantitative estimate of drug-likeness (QED) is 0.836. The van der Waals surface area contributed by atoms with Gasteiger partial charge < -0.3 is 5.11 Å². The van der Waals surface area contributed by atoms with Crippen LogP contribution >= 0.6 is 0 Å². The summed E-state index contributed by atoms with van der Waals surface area (Å²) in [5, 5.41) is 13.1. The lowest BCUT2D eigenvalue weighted by Crippen LogP contribution is -2.01. The normalized spacial score (nSPS) is 10.4. The fourth-order valence-electron chi connectivity index (χ4n) is 1.67. The van der Waals surface area contributed by atoms with Crippen LogP contribution in [0.15, 0.2) is 30.5 Å². The second-order valence-electron chi connectivity index (χ2n) is 3.67. The lowest BCUT2D eigenvalue weighted by atomic mass is 10.0. The Hall–Kier alpha value is -2.10. The van der Waals surface area contributed by atoms with Gasteiger partial charge in [0.15, 0.2) is 0 Å². The van der Waals surface area contributed by atoms with Crippen molar-refractivity contribution >= 4 is 5.97 Å². The Morgan fingerprint density at radius 2 is 2.12 bits per heavy atom. The summed E-state index contributed by atoms with van der Waals surface area (Å²) in [6.07, 6.45) is 1.69. The molecule has 0 radical (unpaired) electrons. The van der Waals surface area contributed by atoms with Crippen molar-refractivity contribution in [3.8, 4) is 11.3 Å². The lowest BCUT2D eigenvalue weighted by Gasteiger charge is -2.05. The molecule has 0 saturated heterocycles. The van der Waals surface area contributed by atoms with Crippen molar-refractivity contribution in [3.05, 3.63) is 41.6 Å². The van der Waals surface area contributed by atoms with E-state index in [1.165, 1.54) is 0 Å². The number of carboxylic acid groups (broad SMARTS) is 1. The molecule has 0 aliphatic rings. The summed E-state index contributed by atoms with van der Waals surface area (Å²) in [7, 11) is 1.83. The van der Waals surface area contributed by atoms with Crippen molar-refractivity contribution in [3.63, 3.8) is 0 Å². The molecule has 0 bridgehead atoms. The van der Waals surface area contributed by atoms with Gasteiger partial charge in [-0.15, -0.1) is 0 Å². The van der Waals surface area contributed by atoms with Gasteiger partial charge in [-0.1, -0.05) is 12.1 Å². The molecule has 1 heterocycles. The zero-order valence-corrected chi connectivity index (χ0v) is 9.14. The summed E-state index contributed by atoms with van der Waals surface area (Å²) >= 11 is 0. The van der Waals surface area contributed by atoms with Gasteiger partial charge >= 0.3 is 5.97 Å². The fourth-order valence-corrected chi connectivity index (χ4v) is 1.67. The summed E-state index contributed by atoms with van der Waals surface area (Å²) in [6, 6.07) is 7.25.